The van der Waals surface area contributed by atoms with E-state index in [1.165, 1.54) is 0 Å². The summed E-state index contributed by atoms with van der Waals surface area (Å²) in [5.74, 6) is 0.860. The van der Waals surface area contributed by atoms with Crippen LogP contribution >= 0.6 is 0 Å². The van der Waals surface area contributed by atoms with Crippen molar-refractivity contribution in [3.05, 3.63) is 83.9 Å². The maximum Gasteiger partial charge on any atom is 0.289 e. The molecule has 7 rings (SSSR count). The van der Waals surface area contributed by atoms with Crippen molar-refractivity contribution in [3.8, 4) is 11.4 Å². The van der Waals surface area contributed by atoms with E-state index in [9.17, 15) is 9.59 Å². The summed E-state index contributed by atoms with van der Waals surface area (Å²) in [4.78, 5) is 31.3. The van der Waals surface area contributed by atoms with E-state index in [4.69, 9.17) is 13.9 Å². The Hall–Kier alpha value is -4.04. The summed E-state index contributed by atoms with van der Waals surface area (Å²) in [6.07, 6.45) is 4.64. The summed E-state index contributed by atoms with van der Waals surface area (Å²) >= 11 is 0. The van der Waals surface area contributed by atoms with Crippen LogP contribution in [0.4, 0.5) is 0 Å². The van der Waals surface area contributed by atoms with Gasteiger partial charge in [-0.1, -0.05) is 30.3 Å². The Morgan fingerprint density at radius 1 is 0.925 bits per heavy atom. The number of methoxy groups -OCH3 is 1. The first-order valence-corrected chi connectivity index (χ1v) is 14.0. The quantitative estimate of drug-likeness (QED) is 0.361. The highest BCUT2D eigenvalue weighted by Gasteiger charge is 2.49. The van der Waals surface area contributed by atoms with Crippen LogP contribution in [0.25, 0.3) is 16.7 Å². The molecule has 0 aliphatic carbocycles. The van der Waals surface area contributed by atoms with Gasteiger partial charge in [-0.25, -0.2) is 0 Å². The molecule has 3 aliphatic rings. The Labute approximate surface area is 233 Å². The Bertz CT molecular complexity index is 1610. The van der Waals surface area contributed by atoms with Crippen LogP contribution in [0, 0.1) is 5.41 Å². The van der Waals surface area contributed by atoms with Gasteiger partial charge < -0.3 is 28.3 Å². The van der Waals surface area contributed by atoms with Crippen molar-refractivity contribution in [3.63, 3.8) is 0 Å². The van der Waals surface area contributed by atoms with E-state index in [1.807, 2.05) is 65.4 Å². The van der Waals surface area contributed by atoms with Gasteiger partial charge in [0, 0.05) is 43.3 Å². The summed E-state index contributed by atoms with van der Waals surface area (Å²) in [6, 6.07) is 19.5. The number of likely N-dealkylation sites (tertiary alicyclic amines) is 2. The van der Waals surface area contributed by atoms with Gasteiger partial charge in [0.2, 0.25) is 0 Å². The number of para-hydroxylation sites is 2. The Kier molecular flexibility index (Phi) is 5.78. The number of amides is 2. The summed E-state index contributed by atoms with van der Waals surface area (Å²) in [5, 5.41) is 0.851. The molecule has 4 aromatic rings. The maximum atomic E-state index is 14.1. The number of ether oxygens (including phenoxy) is 2. The van der Waals surface area contributed by atoms with E-state index < -0.39 is 5.60 Å². The molecular weight excluding hydrogens is 506 g/mol. The minimum absolute atomic E-state index is 0.00635. The highest BCUT2D eigenvalue weighted by Crippen LogP contribution is 2.44. The summed E-state index contributed by atoms with van der Waals surface area (Å²) in [7, 11) is 1.59. The summed E-state index contributed by atoms with van der Waals surface area (Å²) in [6.45, 7) is 4.94. The SMILES string of the molecule is COc1cccc2cc(C(=O)N3CCC4(CC3)CCN(C(=O)C3(C)OCc5ccccc5-n5cccc53)C4)oc12. The smallest absolute Gasteiger partial charge is 0.289 e. The molecular formula is C32H33N3O5. The minimum atomic E-state index is -1.08. The molecule has 2 aromatic heterocycles. The lowest BCUT2D eigenvalue weighted by Crippen LogP contribution is -2.48. The molecule has 206 valence electrons. The first-order valence-electron chi connectivity index (χ1n) is 14.0. The average Bonchev–Trinajstić information content (AvgIpc) is 3.73. The van der Waals surface area contributed by atoms with Gasteiger partial charge in [-0.3, -0.25) is 9.59 Å². The molecule has 40 heavy (non-hydrogen) atoms. The number of carbonyl (C=O) groups is 2. The van der Waals surface area contributed by atoms with Crippen molar-refractivity contribution in [2.45, 2.75) is 38.4 Å². The van der Waals surface area contributed by atoms with Gasteiger partial charge in [0.1, 0.15) is 0 Å². The third kappa shape index (κ3) is 3.84. The van der Waals surface area contributed by atoms with Gasteiger partial charge in [0.15, 0.2) is 22.7 Å². The number of benzene rings is 2. The van der Waals surface area contributed by atoms with Crippen LogP contribution in [0.2, 0.25) is 0 Å². The molecule has 2 aromatic carbocycles. The zero-order valence-corrected chi connectivity index (χ0v) is 22.9. The standard InChI is InChI=1S/C32H33N3O5/c1-31(27-11-6-15-35(27)24-9-4-3-7-23(24)20-39-31)30(37)34-18-14-32(21-34)12-16-33(17-13-32)29(36)26-19-22-8-5-10-25(38-2)28(22)40-26/h3-11,15,19H,12-14,16-18,20-21H2,1-2H3. The van der Waals surface area contributed by atoms with Crippen molar-refractivity contribution in [2.75, 3.05) is 33.3 Å². The Balaban J connectivity index is 1.05. The van der Waals surface area contributed by atoms with Gasteiger partial charge in [-0.05, 0) is 61.9 Å². The number of nitrogens with zero attached hydrogens (tertiary/aromatic N) is 3. The van der Waals surface area contributed by atoms with E-state index >= 15 is 0 Å². The molecule has 0 bridgehead atoms. The van der Waals surface area contributed by atoms with Gasteiger partial charge in [-0.15, -0.1) is 0 Å². The van der Waals surface area contributed by atoms with Crippen LogP contribution in [0.5, 0.6) is 5.75 Å². The molecule has 0 radical (unpaired) electrons. The zero-order chi connectivity index (χ0) is 27.5. The first-order chi connectivity index (χ1) is 19.4. The largest absolute Gasteiger partial charge is 0.493 e. The van der Waals surface area contributed by atoms with Crippen LogP contribution < -0.4 is 4.74 Å². The fraction of sp³-hybridized carbons (Fsp3) is 0.375. The zero-order valence-electron chi connectivity index (χ0n) is 22.9. The third-order valence-electron chi connectivity index (χ3n) is 9.19. The lowest BCUT2D eigenvalue weighted by molar-refractivity contribution is -0.159. The second-order valence-corrected chi connectivity index (χ2v) is 11.5. The Morgan fingerprint density at radius 3 is 2.50 bits per heavy atom. The number of hydrogen-bond acceptors (Lipinski definition) is 5. The number of carbonyl (C=O) groups excluding carboxylic acids is 2. The highest BCUT2D eigenvalue weighted by molar-refractivity contribution is 5.97. The third-order valence-corrected chi connectivity index (χ3v) is 9.19. The molecule has 1 atom stereocenters. The lowest BCUT2D eigenvalue weighted by Gasteiger charge is -2.39. The van der Waals surface area contributed by atoms with Crippen LogP contribution in [0.15, 0.2) is 71.3 Å². The predicted octanol–water partition coefficient (Wildman–Crippen LogP) is 5.13. The first kappa shape index (κ1) is 25.0. The van der Waals surface area contributed by atoms with E-state index in [2.05, 4.69) is 16.7 Å². The molecule has 1 spiro atoms. The van der Waals surface area contributed by atoms with Gasteiger partial charge in [0.05, 0.1) is 25.1 Å². The van der Waals surface area contributed by atoms with Crippen molar-refractivity contribution in [1.82, 2.24) is 14.4 Å². The minimum Gasteiger partial charge on any atom is -0.493 e. The average molecular weight is 540 g/mol. The number of furan rings is 1. The van der Waals surface area contributed by atoms with E-state index in [0.717, 1.165) is 41.6 Å². The molecule has 0 N–H and O–H groups in total. The topological polar surface area (TPSA) is 77.1 Å². The fourth-order valence-electron chi connectivity index (χ4n) is 6.78. The molecule has 2 amide bonds. The number of aromatic nitrogens is 1. The van der Waals surface area contributed by atoms with Crippen molar-refractivity contribution in [1.29, 1.82) is 0 Å². The maximum absolute atomic E-state index is 14.1. The van der Waals surface area contributed by atoms with E-state index in [-0.39, 0.29) is 17.2 Å². The summed E-state index contributed by atoms with van der Waals surface area (Å²) in [5.41, 5.74) is 2.50. The van der Waals surface area contributed by atoms with Crippen LogP contribution in [0.3, 0.4) is 0 Å². The molecule has 8 heteroatoms. The van der Waals surface area contributed by atoms with Crippen LogP contribution in [-0.4, -0.2) is 59.5 Å². The molecule has 2 saturated heterocycles. The molecule has 2 fully saturated rings. The van der Waals surface area contributed by atoms with Crippen molar-refractivity contribution < 1.29 is 23.5 Å². The molecule has 5 heterocycles. The second-order valence-electron chi connectivity index (χ2n) is 11.5. The number of rotatable bonds is 3. The lowest BCUT2D eigenvalue weighted by atomic mass is 9.77. The molecule has 0 saturated carbocycles. The van der Waals surface area contributed by atoms with Crippen molar-refractivity contribution >= 4 is 22.8 Å². The van der Waals surface area contributed by atoms with Crippen LogP contribution in [0.1, 0.15) is 48.0 Å². The second kappa shape index (κ2) is 9.27. The normalized spacial score (nSPS) is 21.8. The molecule has 1 unspecified atom stereocenters. The molecule has 3 aliphatic heterocycles. The predicted molar refractivity (Wildman–Crippen MR) is 149 cm³/mol. The van der Waals surface area contributed by atoms with Gasteiger partial charge in [-0.2, -0.15) is 0 Å². The van der Waals surface area contributed by atoms with E-state index in [1.54, 1.807) is 13.2 Å². The van der Waals surface area contributed by atoms with Crippen LogP contribution in [-0.2, 0) is 21.7 Å². The summed E-state index contributed by atoms with van der Waals surface area (Å²) < 4.78 is 19.8. The van der Waals surface area contributed by atoms with Gasteiger partial charge in [0.25, 0.3) is 11.8 Å². The van der Waals surface area contributed by atoms with E-state index in [0.29, 0.717) is 49.9 Å². The fourth-order valence-corrected chi connectivity index (χ4v) is 6.78. The van der Waals surface area contributed by atoms with Crippen molar-refractivity contribution in [2.24, 2.45) is 5.41 Å². The monoisotopic (exact) mass is 539 g/mol. The highest BCUT2D eigenvalue weighted by atomic mass is 16.5. The number of hydrogen-bond donors (Lipinski definition) is 0. The number of piperidine rings is 1. The Morgan fingerprint density at radius 2 is 1.70 bits per heavy atom. The van der Waals surface area contributed by atoms with Gasteiger partial charge >= 0.3 is 0 Å². The number of fused-ring (bicyclic) bond motifs is 4. The molecule has 8 nitrogen and oxygen atoms in total.